The molecule has 1 unspecified atom stereocenters. The summed E-state index contributed by atoms with van der Waals surface area (Å²) in [6, 6.07) is 7.76. The van der Waals surface area contributed by atoms with Crippen LogP contribution >= 0.6 is 0 Å². The summed E-state index contributed by atoms with van der Waals surface area (Å²) in [5, 5.41) is -0.988. The van der Waals surface area contributed by atoms with Gasteiger partial charge in [0.1, 0.15) is 12.7 Å². The van der Waals surface area contributed by atoms with Gasteiger partial charge in [-0.3, -0.25) is 0 Å². The first-order valence-electron chi connectivity index (χ1n) is 10.7. The number of sulfonamides is 2. The molecule has 0 saturated carbocycles. The molecule has 0 amide bonds. The van der Waals surface area contributed by atoms with E-state index in [0.717, 1.165) is 11.1 Å². The molecule has 0 spiro atoms. The zero-order chi connectivity index (χ0) is 24.2. The molecule has 0 heterocycles. The minimum Gasteiger partial charge on any atom is -0.444 e. The number of terminal acetylenes is 1. The van der Waals surface area contributed by atoms with Gasteiger partial charge in [0.25, 0.3) is 0 Å². The number of rotatable bonds is 16. The van der Waals surface area contributed by atoms with E-state index in [1.807, 2.05) is 24.3 Å². The third-order valence-electron chi connectivity index (χ3n) is 4.96. The Bertz CT molecular complexity index is 920. The van der Waals surface area contributed by atoms with E-state index in [9.17, 15) is 16.8 Å². The fraction of sp³-hybridized carbons (Fsp3) is 0.636. The molecule has 10 heteroatoms. The first-order valence-corrected chi connectivity index (χ1v) is 13.8. The van der Waals surface area contributed by atoms with Crippen molar-refractivity contribution < 1.29 is 26.3 Å². The van der Waals surface area contributed by atoms with Crippen LogP contribution in [0.2, 0.25) is 0 Å². The van der Waals surface area contributed by atoms with Crippen molar-refractivity contribution in [1.82, 2.24) is 9.44 Å². The highest BCUT2D eigenvalue weighted by molar-refractivity contribution is 7.90. The van der Waals surface area contributed by atoms with Gasteiger partial charge in [0.15, 0.2) is 0 Å². The van der Waals surface area contributed by atoms with Crippen LogP contribution in [0.3, 0.4) is 0 Å². The molecule has 0 fully saturated rings. The smallest absolute Gasteiger partial charge is 0.213 e. The molecule has 0 aliphatic rings. The molecule has 0 aliphatic carbocycles. The SMILES string of the molecule is C#COCCOCCC(CNS(=O)(=O)C(C)C)c1ccc(CCNS(=O)(=O)C(C)C)cc1. The Morgan fingerprint density at radius 3 is 2.06 bits per heavy atom. The maximum atomic E-state index is 12.2. The van der Waals surface area contributed by atoms with Gasteiger partial charge in [-0.2, -0.15) is 0 Å². The Kier molecular flexibility index (Phi) is 12.2. The molecule has 182 valence electrons. The van der Waals surface area contributed by atoms with Crippen LogP contribution in [0.25, 0.3) is 0 Å². The van der Waals surface area contributed by atoms with Crippen molar-refractivity contribution in [2.45, 2.75) is 57.0 Å². The summed E-state index contributed by atoms with van der Waals surface area (Å²) in [5.74, 6) is -0.0782. The van der Waals surface area contributed by atoms with Crippen molar-refractivity contribution in [2.75, 3.05) is 32.9 Å². The largest absolute Gasteiger partial charge is 0.444 e. The van der Waals surface area contributed by atoms with E-state index in [-0.39, 0.29) is 12.5 Å². The summed E-state index contributed by atoms with van der Waals surface area (Å²) in [5.41, 5.74) is 1.97. The Morgan fingerprint density at radius 1 is 0.906 bits per heavy atom. The van der Waals surface area contributed by atoms with Gasteiger partial charge in [-0.25, -0.2) is 26.3 Å². The van der Waals surface area contributed by atoms with Crippen LogP contribution in [0.4, 0.5) is 0 Å². The predicted octanol–water partition coefficient (Wildman–Crippen LogP) is 1.98. The fourth-order valence-corrected chi connectivity index (χ4v) is 4.20. The first kappa shape index (κ1) is 28.4. The highest BCUT2D eigenvalue weighted by atomic mass is 32.2. The van der Waals surface area contributed by atoms with Crippen molar-refractivity contribution in [2.24, 2.45) is 0 Å². The molecular weight excluding hydrogens is 452 g/mol. The van der Waals surface area contributed by atoms with Gasteiger partial charge in [-0.15, -0.1) is 0 Å². The van der Waals surface area contributed by atoms with E-state index in [2.05, 4.69) is 15.6 Å². The molecular formula is C22H36N2O6S2. The quantitative estimate of drug-likeness (QED) is 0.272. The van der Waals surface area contributed by atoms with Crippen LogP contribution < -0.4 is 9.44 Å². The van der Waals surface area contributed by atoms with Gasteiger partial charge >= 0.3 is 0 Å². The van der Waals surface area contributed by atoms with Gasteiger partial charge in [-0.1, -0.05) is 30.7 Å². The lowest BCUT2D eigenvalue weighted by Crippen LogP contribution is -2.34. The standard InChI is InChI=1S/C22H36N2O6S2/c1-6-29-15-16-30-14-12-22(17-24-32(27,28)19(4)5)21-9-7-20(8-10-21)11-13-23-31(25,26)18(2)3/h1,7-10,18-19,22-24H,11-17H2,2-5H3. The molecule has 32 heavy (non-hydrogen) atoms. The van der Waals surface area contributed by atoms with E-state index in [1.165, 1.54) is 0 Å². The summed E-state index contributed by atoms with van der Waals surface area (Å²) in [6.07, 6.45) is 8.28. The second kappa shape index (κ2) is 13.8. The maximum Gasteiger partial charge on any atom is 0.213 e. The topological polar surface area (TPSA) is 111 Å². The zero-order valence-electron chi connectivity index (χ0n) is 19.3. The van der Waals surface area contributed by atoms with Crippen molar-refractivity contribution in [3.05, 3.63) is 35.4 Å². The van der Waals surface area contributed by atoms with Crippen molar-refractivity contribution >= 4 is 20.0 Å². The summed E-state index contributed by atoms with van der Waals surface area (Å²) in [6.45, 7) is 8.22. The van der Waals surface area contributed by atoms with E-state index in [1.54, 1.807) is 27.7 Å². The second-order valence-electron chi connectivity index (χ2n) is 7.99. The molecule has 1 aromatic rings. The number of nitrogens with one attached hydrogen (secondary N) is 2. The van der Waals surface area contributed by atoms with Crippen LogP contribution in [-0.2, 0) is 35.9 Å². The van der Waals surface area contributed by atoms with Gasteiger partial charge in [-0.05, 0) is 57.6 Å². The average Bonchev–Trinajstić information content (AvgIpc) is 2.73. The van der Waals surface area contributed by atoms with Crippen LogP contribution in [0.5, 0.6) is 0 Å². The summed E-state index contributed by atoms with van der Waals surface area (Å²) in [4.78, 5) is 0. The molecule has 1 atom stereocenters. The summed E-state index contributed by atoms with van der Waals surface area (Å²) >= 11 is 0. The van der Waals surface area contributed by atoms with E-state index >= 15 is 0 Å². The Balaban J connectivity index is 2.74. The molecule has 0 aromatic heterocycles. The van der Waals surface area contributed by atoms with Gasteiger partial charge < -0.3 is 9.47 Å². The normalized spacial score (nSPS) is 13.3. The molecule has 1 rings (SSSR count). The Labute approximate surface area is 193 Å². The zero-order valence-corrected chi connectivity index (χ0v) is 21.0. The number of ether oxygens (including phenoxy) is 2. The van der Waals surface area contributed by atoms with Crippen LogP contribution in [-0.4, -0.2) is 60.2 Å². The van der Waals surface area contributed by atoms with Crippen LogP contribution in [0, 0.1) is 12.5 Å². The number of hydrogen-bond acceptors (Lipinski definition) is 6. The van der Waals surface area contributed by atoms with E-state index in [4.69, 9.17) is 15.9 Å². The lowest BCUT2D eigenvalue weighted by Gasteiger charge is -2.20. The summed E-state index contributed by atoms with van der Waals surface area (Å²) < 4.78 is 63.7. The maximum absolute atomic E-state index is 12.2. The predicted molar refractivity (Wildman–Crippen MR) is 127 cm³/mol. The van der Waals surface area contributed by atoms with Crippen molar-refractivity contribution in [3.8, 4) is 12.5 Å². The van der Waals surface area contributed by atoms with Crippen molar-refractivity contribution in [3.63, 3.8) is 0 Å². The molecule has 0 saturated heterocycles. The lowest BCUT2D eigenvalue weighted by atomic mass is 9.95. The Morgan fingerprint density at radius 2 is 1.50 bits per heavy atom. The third-order valence-corrected chi connectivity index (χ3v) is 8.62. The molecule has 0 radical (unpaired) electrons. The first-order chi connectivity index (χ1) is 15.0. The van der Waals surface area contributed by atoms with Crippen molar-refractivity contribution in [1.29, 1.82) is 0 Å². The van der Waals surface area contributed by atoms with Crippen LogP contribution in [0.15, 0.2) is 24.3 Å². The van der Waals surface area contributed by atoms with Gasteiger partial charge in [0.05, 0.1) is 17.1 Å². The second-order valence-corrected chi connectivity index (χ2v) is 12.6. The monoisotopic (exact) mass is 488 g/mol. The number of benzene rings is 1. The average molecular weight is 489 g/mol. The Hall–Kier alpha value is -1.64. The minimum absolute atomic E-state index is 0.0782. The number of hydrogen-bond donors (Lipinski definition) is 2. The van der Waals surface area contributed by atoms with Gasteiger partial charge in [0, 0.05) is 19.7 Å². The third kappa shape index (κ3) is 10.3. The van der Waals surface area contributed by atoms with Gasteiger partial charge in [0.2, 0.25) is 20.0 Å². The lowest BCUT2D eigenvalue weighted by molar-refractivity contribution is 0.0865. The molecule has 8 nitrogen and oxygen atoms in total. The van der Waals surface area contributed by atoms with E-state index in [0.29, 0.717) is 39.2 Å². The molecule has 1 aromatic carbocycles. The molecule has 0 bridgehead atoms. The highest BCUT2D eigenvalue weighted by Crippen LogP contribution is 2.21. The summed E-state index contributed by atoms with van der Waals surface area (Å²) in [7, 11) is -6.67. The van der Waals surface area contributed by atoms with Crippen LogP contribution in [0.1, 0.15) is 51.2 Å². The molecule has 0 aliphatic heterocycles. The fourth-order valence-electron chi connectivity index (χ4n) is 2.72. The van der Waals surface area contributed by atoms with E-state index < -0.39 is 30.5 Å². The minimum atomic E-state index is -3.38. The highest BCUT2D eigenvalue weighted by Gasteiger charge is 2.19. The molecule has 2 N–H and O–H groups in total.